The molecular weight excluding hydrogens is 424 g/mol. The molecule has 0 radical (unpaired) electrons. The standard InChI is InChI=1S/C24H30N4O3S/c1-7-30-20-12-15(2)8-9-19(20)31-13-21-26-27-24(28(21)6)32-14-22(29)25-23-17(4)10-16(3)11-18(23)5/h8-12H,7,13-14H2,1-6H3,(H,25,29). The van der Waals surface area contributed by atoms with Gasteiger partial charge in [-0.1, -0.05) is 35.5 Å². The summed E-state index contributed by atoms with van der Waals surface area (Å²) in [4.78, 5) is 12.5. The van der Waals surface area contributed by atoms with E-state index in [4.69, 9.17) is 9.47 Å². The van der Waals surface area contributed by atoms with Gasteiger partial charge in [-0.25, -0.2) is 0 Å². The first-order valence-electron chi connectivity index (χ1n) is 10.5. The van der Waals surface area contributed by atoms with E-state index < -0.39 is 0 Å². The van der Waals surface area contributed by atoms with E-state index in [1.165, 1.54) is 17.3 Å². The number of aryl methyl sites for hydroxylation is 4. The highest BCUT2D eigenvalue weighted by Crippen LogP contribution is 2.29. The Hall–Kier alpha value is -3.00. The van der Waals surface area contributed by atoms with Crippen LogP contribution in [0, 0.1) is 27.7 Å². The van der Waals surface area contributed by atoms with Gasteiger partial charge in [0.05, 0.1) is 12.4 Å². The summed E-state index contributed by atoms with van der Waals surface area (Å²) in [7, 11) is 1.87. The lowest BCUT2D eigenvalue weighted by molar-refractivity contribution is -0.113. The van der Waals surface area contributed by atoms with Crippen molar-refractivity contribution in [2.24, 2.45) is 7.05 Å². The van der Waals surface area contributed by atoms with Crippen LogP contribution < -0.4 is 14.8 Å². The third kappa shape index (κ3) is 5.82. The minimum absolute atomic E-state index is 0.0770. The van der Waals surface area contributed by atoms with Crippen molar-refractivity contribution in [1.29, 1.82) is 0 Å². The molecule has 0 spiro atoms. The summed E-state index contributed by atoms with van der Waals surface area (Å²) in [5, 5.41) is 12.1. The smallest absolute Gasteiger partial charge is 0.234 e. The summed E-state index contributed by atoms with van der Waals surface area (Å²) >= 11 is 1.34. The molecule has 0 fully saturated rings. The largest absolute Gasteiger partial charge is 0.490 e. The Morgan fingerprint density at radius 3 is 2.41 bits per heavy atom. The molecule has 1 heterocycles. The Morgan fingerprint density at radius 2 is 1.72 bits per heavy atom. The van der Waals surface area contributed by atoms with Gasteiger partial charge in [-0.3, -0.25) is 4.79 Å². The summed E-state index contributed by atoms with van der Waals surface area (Å²) < 4.78 is 13.4. The third-order valence-electron chi connectivity index (χ3n) is 4.95. The van der Waals surface area contributed by atoms with Gasteiger partial charge >= 0.3 is 0 Å². The highest BCUT2D eigenvalue weighted by Gasteiger charge is 2.14. The van der Waals surface area contributed by atoms with E-state index in [0.29, 0.717) is 29.1 Å². The van der Waals surface area contributed by atoms with Crippen molar-refractivity contribution >= 4 is 23.4 Å². The zero-order valence-corrected chi connectivity index (χ0v) is 20.3. The van der Waals surface area contributed by atoms with Gasteiger partial charge in [0.1, 0.15) is 6.61 Å². The molecule has 3 rings (SSSR count). The van der Waals surface area contributed by atoms with Crippen molar-refractivity contribution in [2.75, 3.05) is 17.7 Å². The van der Waals surface area contributed by atoms with Gasteiger partial charge in [-0.2, -0.15) is 0 Å². The molecule has 7 nitrogen and oxygen atoms in total. The average Bonchev–Trinajstić information content (AvgIpc) is 3.08. The van der Waals surface area contributed by atoms with Gasteiger partial charge in [0.15, 0.2) is 22.5 Å². The molecule has 0 atom stereocenters. The Kier molecular flexibility index (Phi) is 7.80. The fraction of sp³-hybridized carbons (Fsp3) is 0.375. The predicted octanol–water partition coefficient (Wildman–Crippen LogP) is 4.76. The average molecular weight is 455 g/mol. The molecule has 0 aliphatic carbocycles. The van der Waals surface area contributed by atoms with Crippen LogP contribution in [0.3, 0.4) is 0 Å². The molecule has 2 aromatic carbocycles. The van der Waals surface area contributed by atoms with Crippen LogP contribution in [0.5, 0.6) is 11.5 Å². The Morgan fingerprint density at radius 1 is 1.00 bits per heavy atom. The van der Waals surface area contributed by atoms with Crippen molar-refractivity contribution in [3.8, 4) is 11.5 Å². The molecule has 1 aromatic heterocycles. The molecule has 0 saturated carbocycles. The fourth-order valence-electron chi connectivity index (χ4n) is 3.42. The number of nitrogens with one attached hydrogen (secondary N) is 1. The van der Waals surface area contributed by atoms with Crippen LogP contribution in [-0.4, -0.2) is 33.0 Å². The molecule has 1 N–H and O–H groups in total. The van der Waals surface area contributed by atoms with Gasteiger partial charge in [-0.15, -0.1) is 10.2 Å². The minimum atomic E-state index is -0.0770. The maximum absolute atomic E-state index is 12.5. The molecule has 0 saturated heterocycles. The van der Waals surface area contributed by atoms with Gasteiger partial charge in [-0.05, 0) is 63.4 Å². The Labute approximate surface area is 193 Å². The monoisotopic (exact) mass is 454 g/mol. The lowest BCUT2D eigenvalue weighted by atomic mass is 10.1. The molecule has 3 aromatic rings. The Balaban J connectivity index is 1.59. The topological polar surface area (TPSA) is 78.3 Å². The lowest BCUT2D eigenvalue weighted by Gasteiger charge is -2.13. The number of carbonyl (C=O) groups is 1. The number of anilines is 1. The van der Waals surface area contributed by atoms with E-state index in [1.54, 1.807) is 0 Å². The molecule has 32 heavy (non-hydrogen) atoms. The van der Waals surface area contributed by atoms with E-state index >= 15 is 0 Å². The summed E-state index contributed by atoms with van der Waals surface area (Å²) in [5.41, 5.74) is 5.27. The van der Waals surface area contributed by atoms with Crippen molar-refractivity contribution in [3.05, 3.63) is 58.4 Å². The molecule has 0 aliphatic rings. The van der Waals surface area contributed by atoms with Crippen molar-refractivity contribution < 1.29 is 14.3 Å². The number of ether oxygens (including phenoxy) is 2. The first-order chi connectivity index (χ1) is 15.3. The highest BCUT2D eigenvalue weighted by atomic mass is 32.2. The van der Waals surface area contributed by atoms with Crippen molar-refractivity contribution in [3.63, 3.8) is 0 Å². The summed E-state index contributed by atoms with van der Waals surface area (Å²) in [6.07, 6.45) is 0. The van der Waals surface area contributed by atoms with E-state index in [-0.39, 0.29) is 18.3 Å². The lowest BCUT2D eigenvalue weighted by Crippen LogP contribution is -2.16. The summed E-state index contributed by atoms with van der Waals surface area (Å²) in [5.74, 6) is 2.21. The number of hydrogen-bond acceptors (Lipinski definition) is 6. The molecule has 170 valence electrons. The van der Waals surface area contributed by atoms with Crippen LogP contribution in [0.2, 0.25) is 0 Å². The van der Waals surface area contributed by atoms with E-state index in [1.807, 2.05) is 64.4 Å². The fourth-order valence-corrected chi connectivity index (χ4v) is 4.15. The number of rotatable bonds is 9. The number of thioether (sulfide) groups is 1. The minimum Gasteiger partial charge on any atom is -0.490 e. The molecule has 8 heteroatoms. The maximum Gasteiger partial charge on any atom is 0.234 e. The second kappa shape index (κ2) is 10.5. The number of amides is 1. The van der Waals surface area contributed by atoms with Crippen LogP contribution in [0.15, 0.2) is 35.5 Å². The van der Waals surface area contributed by atoms with E-state index in [2.05, 4.69) is 27.6 Å². The predicted molar refractivity (Wildman–Crippen MR) is 128 cm³/mol. The summed E-state index contributed by atoms with van der Waals surface area (Å²) in [6, 6.07) is 9.95. The number of nitrogens with zero attached hydrogens (tertiary/aromatic N) is 3. The van der Waals surface area contributed by atoms with Crippen LogP contribution in [0.4, 0.5) is 5.69 Å². The van der Waals surface area contributed by atoms with Crippen LogP contribution in [0.1, 0.15) is 35.0 Å². The van der Waals surface area contributed by atoms with Gasteiger partial charge < -0.3 is 19.4 Å². The zero-order chi connectivity index (χ0) is 23.3. The SMILES string of the molecule is CCOc1cc(C)ccc1OCc1nnc(SCC(=O)Nc2c(C)cc(C)cc2C)n1C. The Bertz CT molecular complexity index is 1090. The normalized spacial score (nSPS) is 10.8. The molecule has 1 amide bonds. The van der Waals surface area contributed by atoms with Crippen molar-refractivity contribution in [1.82, 2.24) is 14.8 Å². The second-order valence-electron chi connectivity index (χ2n) is 7.74. The number of hydrogen-bond donors (Lipinski definition) is 1. The molecular formula is C24H30N4O3S. The van der Waals surface area contributed by atoms with Gasteiger partial charge in [0, 0.05) is 12.7 Å². The molecule has 0 unspecified atom stereocenters. The van der Waals surface area contributed by atoms with E-state index in [9.17, 15) is 4.79 Å². The zero-order valence-electron chi connectivity index (χ0n) is 19.5. The van der Waals surface area contributed by atoms with Crippen LogP contribution in [-0.2, 0) is 18.4 Å². The second-order valence-corrected chi connectivity index (χ2v) is 8.68. The number of carbonyl (C=O) groups excluding carboxylic acids is 1. The number of aromatic nitrogens is 3. The molecule has 0 aliphatic heterocycles. The molecule has 0 bridgehead atoms. The highest BCUT2D eigenvalue weighted by molar-refractivity contribution is 7.99. The number of benzene rings is 2. The van der Waals surface area contributed by atoms with Crippen LogP contribution in [0.25, 0.3) is 0 Å². The first-order valence-corrected chi connectivity index (χ1v) is 11.5. The van der Waals surface area contributed by atoms with Crippen LogP contribution >= 0.6 is 11.8 Å². The van der Waals surface area contributed by atoms with Crippen molar-refractivity contribution in [2.45, 2.75) is 46.4 Å². The quantitative estimate of drug-likeness (QED) is 0.470. The first kappa shape index (κ1) is 23.7. The van der Waals surface area contributed by atoms with Gasteiger partial charge in [0.25, 0.3) is 0 Å². The maximum atomic E-state index is 12.5. The summed E-state index contributed by atoms with van der Waals surface area (Å²) in [6.45, 7) is 10.8. The third-order valence-corrected chi connectivity index (χ3v) is 5.97. The van der Waals surface area contributed by atoms with E-state index in [0.717, 1.165) is 22.4 Å². The van der Waals surface area contributed by atoms with Gasteiger partial charge in [0.2, 0.25) is 5.91 Å².